The molecule has 1 aliphatic heterocycles. The molecule has 0 aliphatic carbocycles. The second-order valence-electron chi connectivity index (χ2n) is 6.41. The molecule has 9 heteroatoms. The third-order valence-corrected chi connectivity index (χ3v) is 4.96. The van der Waals surface area contributed by atoms with E-state index in [4.69, 9.17) is 23.2 Å². The molecule has 2 amide bonds. The fourth-order valence-corrected chi connectivity index (χ4v) is 3.54. The van der Waals surface area contributed by atoms with Gasteiger partial charge in [0.1, 0.15) is 11.6 Å². The molecule has 0 aromatic heterocycles. The molecule has 28 heavy (non-hydrogen) atoms. The highest BCUT2D eigenvalue weighted by atomic mass is 35.5. The number of hydrogen-bond donors (Lipinski definition) is 2. The molecule has 0 unspecified atom stereocenters. The molecule has 1 saturated heterocycles. The van der Waals surface area contributed by atoms with Crippen LogP contribution in [0.1, 0.15) is 12.8 Å². The number of halogens is 4. The Kier molecular flexibility index (Phi) is 6.49. The van der Waals surface area contributed by atoms with Crippen molar-refractivity contribution in [2.45, 2.75) is 18.9 Å². The molecule has 0 spiro atoms. The Morgan fingerprint density at radius 1 is 1.07 bits per heavy atom. The minimum Gasteiger partial charge on any atom is -0.323 e. The summed E-state index contributed by atoms with van der Waals surface area (Å²) < 4.78 is 26.6. The standard InChI is InChI=1S/C19H17Cl2F2N3O2/c20-11-3-5-15(13(21)8-11)25-19(28)17-2-1-7-26(17)10-18(27)24-16-6-4-12(22)9-14(16)23/h3-6,8-9,17H,1-2,7,10H2,(H,24,27)(H,25,28)/t17-/m1/s1. The molecule has 1 fully saturated rings. The van der Waals surface area contributed by atoms with Crippen LogP contribution >= 0.6 is 23.2 Å². The molecule has 1 atom stereocenters. The van der Waals surface area contributed by atoms with E-state index in [1.165, 1.54) is 6.07 Å². The van der Waals surface area contributed by atoms with Crippen molar-refractivity contribution in [2.75, 3.05) is 23.7 Å². The molecule has 0 bridgehead atoms. The van der Waals surface area contributed by atoms with Crippen molar-refractivity contribution < 1.29 is 18.4 Å². The normalized spacial score (nSPS) is 16.8. The van der Waals surface area contributed by atoms with Crippen molar-refractivity contribution in [3.63, 3.8) is 0 Å². The predicted molar refractivity (Wildman–Crippen MR) is 105 cm³/mol. The van der Waals surface area contributed by atoms with Crippen LogP contribution in [-0.4, -0.2) is 35.8 Å². The summed E-state index contributed by atoms with van der Waals surface area (Å²) in [5.41, 5.74) is 0.320. The number of rotatable bonds is 5. The lowest BCUT2D eigenvalue weighted by Gasteiger charge is -2.23. The third-order valence-electron chi connectivity index (χ3n) is 4.41. The summed E-state index contributed by atoms with van der Waals surface area (Å²) in [6, 6.07) is 7.12. The average Bonchev–Trinajstić information content (AvgIpc) is 3.08. The van der Waals surface area contributed by atoms with Gasteiger partial charge in [0.05, 0.1) is 29.0 Å². The van der Waals surface area contributed by atoms with Crippen LogP contribution in [0.25, 0.3) is 0 Å². The molecule has 2 aromatic rings. The summed E-state index contributed by atoms with van der Waals surface area (Å²) >= 11 is 11.9. The monoisotopic (exact) mass is 427 g/mol. The van der Waals surface area contributed by atoms with E-state index in [2.05, 4.69) is 10.6 Å². The first-order valence-corrected chi connectivity index (χ1v) is 9.34. The van der Waals surface area contributed by atoms with Crippen molar-refractivity contribution in [3.8, 4) is 0 Å². The smallest absolute Gasteiger partial charge is 0.241 e. The Hall–Kier alpha value is -2.22. The van der Waals surface area contributed by atoms with Crippen molar-refractivity contribution >= 4 is 46.4 Å². The molecular weight excluding hydrogens is 411 g/mol. The minimum atomic E-state index is -0.860. The van der Waals surface area contributed by atoms with Crippen molar-refractivity contribution in [3.05, 3.63) is 58.1 Å². The van der Waals surface area contributed by atoms with Gasteiger partial charge in [-0.25, -0.2) is 8.78 Å². The van der Waals surface area contributed by atoms with E-state index in [1.54, 1.807) is 17.0 Å². The van der Waals surface area contributed by atoms with Crippen LogP contribution in [0.3, 0.4) is 0 Å². The van der Waals surface area contributed by atoms with Crippen LogP contribution in [0.5, 0.6) is 0 Å². The Balaban J connectivity index is 1.62. The summed E-state index contributed by atoms with van der Waals surface area (Å²) in [5.74, 6) is -2.37. The van der Waals surface area contributed by atoms with Crippen molar-refractivity contribution in [2.24, 2.45) is 0 Å². The molecule has 1 heterocycles. The molecule has 3 rings (SSSR count). The lowest BCUT2D eigenvalue weighted by atomic mass is 10.2. The number of carbonyl (C=O) groups is 2. The zero-order valence-electron chi connectivity index (χ0n) is 14.6. The number of nitrogens with zero attached hydrogens (tertiary/aromatic N) is 1. The number of hydrogen-bond acceptors (Lipinski definition) is 3. The average molecular weight is 428 g/mol. The van der Waals surface area contributed by atoms with Gasteiger partial charge in [-0.3, -0.25) is 14.5 Å². The van der Waals surface area contributed by atoms with E-state index in [1.807, 2.05) is 0 Å². The minimum absolute atomic E-state index is 0.0940. The Morgan fingerprint density at radius 2 is 1.82 bits per heavy atom. The fourth-order valence-electron chi connectivity index (χ4n) is 3.08. The summed E-state index contributed by atoms with van der Waals surface area (Å²) in [4.78, 5) is 26.6. The van der Waals surface area contributed by atoms with Crippen molar-refractivity contribution in [1.82, 2.24) is 4.90 Å². The Morgan fingerprint density at radius 3 is 2.54 bits per heavy atom. The molecule has 0 radical (unpaired) electrons. The molecular formula is C19H17Cl2F2N3O2. The summed E-state index contributed by atoms with van der Waals surface area (Å²) in [6.45, 7) is 0.453. The molecule has 5 nitrogen and oxygen atoms in total. The number of carbonyl (C=O) groups excluding carboxylic acids is 2. The van der Waals surface area contributed by atoms with Crippen LogP contribution in [0.2, 0.25) is 10.0 Å². The number of likely N-dealkylation sites (tertiary alicyclic amines) is 1. The van der Waals surface area contributed by atoms with Crippen LogP contribution in [-0.2, 0) is 9.59 Å². The van der Waals surface area contributed by atoms with Gasteiger partial charge in [-0.15, -0.1) is 0 Å². The van der Waals surface area contributed by atoms with E-state index in [0.29, 0.717) is 34.8 Å². The van der Waals surface area contributed by atoms with Crippen LogP contribution in [0.15, 0.2) is 36.4 Å². The van der Waals surface area contributed by atoms with Gasteiger partial charge >= 0.3 is 0 Å². The van der Waals surface area contributed by atoms with Gasteiger partial charge in [-0.2, -0.15) is 0 Å². The third kappa shape index (κ3) is 4.98. The zero-order chi connectivity index (χ0) is 20.3. The number of amides is 2. The van der Waals surface area contributed by atoms with E-state index in [-0.39, 0.29) is 18.1 Å². The fraction of sp³-hybridized carbons (Fsp3) is 0.263. The predicted octanol–water partition coefficient (Wildman–Crippen LogP) is 4.31. The number of nitrogens with one attached hydrogen (secondary N) is 2. The maximum absolute atomic E-state index is 13.7. The number of anilines is 2. The molecule has 148 valence electrons. The highest BCUT2D eigenvalue weighted by Crippen LogP contribution is 2.27. The van der Waals surface area contributed by atoms with Gasteiger partial charge in [-0.1, -0.05) is 23.2 Å². The van der Waals surface area contributed by atoms with Crippen LogP contribution < -0.4 is 10.6 Å². The van der Waals surface area contributed by atoms with Crippen LogP contribution in [0, 0.1) is 11.6 Å². The van der Waals surface area contributed by atoms with Gasteiger partial charge in [0.15, 0.2) is 0 Å². The maximum atomic E-state index is 13.7. The van der Waals surface area contributed by atoms with Gasteiger partial charge in [-0.05, 0) is 49.7 Å². The topological polar surface area (TPSA) is 61.4 Å². The zero-order valence-corrected chi connectivity index (χ0v) is 16.2. The second-order valence-corrected chi connectivity index (χ2v) is 7.26. The van der Waals surface area contributed by atoms with E-state index >= 15 is 0 Å². The van der Waals surface area contributed by atoms with Gasteiger partial charge < -0.3 is 10.6 Å². The first-order chi connectivity index (χ1) is 13.3. The number of benzene rings is 2. The van der Waals surface area contributed by atoms with E-state index in [9.17, 15) is 18.4 Å². The first-order valence-electron chi connectivity index (χ1n) is 8.58. The van der Waals surface area contributed by atoms with Gasteiger partial charge in [0.25, 0.3) is 0 Å². The largest absolute Gasteiger partial charge is 0.323 e. The highest BCUT2D eigenvalue weighted by Gasteiger charge is 2.32. The molecule has 0 saturated carbocycles. The van der Waals surface area contributed by atoms with Gasteiger partial charge in [0.2, 0.25) is 11.8 Å². The molecule has 2 aromatic carbocycles. The molecule has 2 N–H and O–H groups in total. The van der Waals surface area contributed by atoms with Gasteiger partial charge in [0, 0.05) is 11.1 Å². The molecule has 1 aliphatic rings. The lowest BCUT2D eigenvalue weighted by Crippen LogP contribution is -2.43. The quantitative estimate of drug-likeness (QED) is 0.746. The first kappa shape index (κ1) is 20.5. The van der Waals surface area contributed by atoms with Crippen molar-refractivity contribution in [1.29, 1.82) is 0 Å². The van der Waals surface area contributed by atoms with E-state index < -0.39 is 23.6 Å². The Labute approximate surface area is 170 Å². The summed E-state index contributed by atoms with van der Waals surface area (Å²) in [5, 5.41) is 5.91. The summed E-state index contributed by atoms with van der Waals surface area (Å²) in [7, 11) is 0. The highest BCUT2D eigenvalue weighted by molar-refractivity contribution is 6.36. The summed E-state index contributed by atoms with van der Waals surface area (Å²) in [6.07, 6.45) is 1.32. The lowest BCUT2D eigenvalue weighted by molar-refractivity contribution is -0.122. The van der Waals surface area contributed by atoms with E-state index in [0.717, 1.165) is 18.6 Å². The Bertz CT molecular complexity index is 911. The maximum Gasteiger partial charge on any atom is 0.241 e. The van der Waals surface area contributed by atoms with Crippen LogP contribution in [0.4, 0.5) is 20.2 Å². The second kappa shape index (κ2) is 8.86. The SMILES string of the molecule is O=C(CN1CCC[C@@H]1C(=O)Nc1ccc(Cl)cc1Cl)Nc1ccc(F)cc1F.